The molecule has 0 amide bonds. The molecule has 2 fully saturated rings. The zero-order valence-electron chi connectivity index (χ0n) is 14.0. The fourth-order valence-electron chi connectivity index (χ4n) is 3.44. The molecule has 1 atom stereocenters. The standard InChI is InChI=1S/C16H23N.C2HF3O2/c1-12(2)13-3-5-14(6-4-13)15-7-8-16(9-15)10-17-11-16;3-2(4,5)1(6)7/h3-6,12,15,17H,7-11H2,1-2H3;(H,6,7)/t15-;/m1./s1. The lowest BCUT2D eigenvalue weighted by molar-refractivity contribution is -0.192. The summed E-state index contributed by atoms with van der Waals surface area (Å²) in [6.07, 6.45) is -0.861. The first kappa shape index (κ1) is 18.8. The van der Waals surface area contributed by atoms with E-state index in [0.717, 1.165) is 5.92 Å². The largest absolute Gasteiger partial charge is 0.490 e. The molecule has 0 aromatic heterocycles. The Kier molecular flexibility index (Phi) is 5.58. The van der Waals surface area contributed by atoms with Crippen LogP contribution >= 0.6 is 0 Å². The lowest BCUT2D eigenvalue weighted by atomic mass is 9.79. The molecule has 0 bridgehead atoms. The van der Waals surface area contributed by atoms with Crippen LogP contribution in [0.3, 0.4) is 0 Å². The molecule has 2 aliphatic rings. The van der Waals surface area contributed by atoms with Crippen LogP contribution in [0.5, 0.6) is 0 Å². The summed E-state index contributed by atoms with van der Waals surface area (Å²) in [4.78, 5) is 8.90. The molecule has 1 aliphatic carbocycles. The number of aliphatic carboxylic acids is 1. The van der Waals surface area contributed by atoms with Crippen LogP contribution in [0.1, 0.15) is 56.1 Å². The minimum absolute atomic E-state index is 0.648. The monoisotopic (exact) mass is 343 g/mol. The van der Waals surface area contributed by atoms with Crippen LogP contribution < -0.4 is 5.32 Å². The van der Waals surface area contributed by atoms with Crippen molar-refractivity contribution in [3.63, 3.8) is 0 Å². The molecule has 134 valence electrons. The molecule has 1 aromatic rings. The minimum atomic E-state index is -5.08. The van der Waals surface area contributed by atoms with E-state index in [0.29, 0.717) is 11.3 Å². The van der Waals surface area contributed by atoms with Crippen molar-refractivity contribution in [2.24, 2.45) is 5.41 Å². The van der Waals surface area contributed by atoms with E-state index < -0.39 is 12.1 Å². The molecule has 3 rings (SSSR count). The Hall–Kier alpha value is -1.56. The summed E-state index contributed by atoms with van der Waals surface area (Å²) < 4.78 is 31.7. The normalized spacial score (nSPS) is 22.0. The van der Waals surface area contributed by atoms with Gasteiger partial charge in [-0.1, -0.05) is 38.1 Å². The molecule has 1 spiro atoms. The number of carboxylic acid groups (broad SMARTS) is 1. The highest BCUT2D eigenvalue weighted by Crippen LogP contribution is 2.48. The summed E-state index contributed by atoms with van der Waals surface area (Å²) in [7, 11) is 0. The predicted octanol–water partition coefficient (Wildman–Crippen LogP) is 4.30. The Morgan fingerprint density at radius 1 is 1.25 bits per heavy atom. The molecule has 0 unspecified atom stereocenters. The second kappa shape index (κ2) is 7.13. The highest BCUT2D eigenvalue weighted by molar-refractivity contribution is 5.73. The van der Waals surface area contributed by atoms with Crippen molar-refractivity contribution in [1.82, 2.24) is 5.32 Å². The van der Waals surface area contributed by atoms with E-state index in [9.17, 15) is 13.2 Å². The summed E-state index contributed by atoms with van der Waals surface area (Å²) in [5.41, 5.74) is 3.70. The van der Waals surface area contributed by atoms with Crippen molar-refractivity contribution in [2.75, 3.05) is 13.1 Å². The van der Waals surface area contributed by atoms with Gasteiger partial charge in [-0.25, -0.2) is 4.79 Å². The van der Waals surface area contributed by atoms with Crippen LogP contribution in [0.15, 0.2) is 24.3 Å². The Labute approximate surface area is 140 Å². The molecular formula is C18H24F3NO2. The highest BCUT2D eigenvalue weighted by atomic mass is 19.4. The Morgan fingerprint density at radius 3 is 2.12 bits per heavy atom. The SMILES string of the molecule is CC(C)c1ccc([C@@H]2CCC3(CNC3)C2)cc1.O=C(O)C(F)(F)F. The number of benzene rings is 1. The highest BCUT2D eigenvalue weighted by Gasteiger charge is 2.43. The van der Waals surface area contributed by atoms with Gasteiger partial charge in [0.15, 0.2) is 0 Å². The topological polar surface area (TPSA) is 49.3 Å². The zero-order chi connectivity index (χ0) is 18.0. The third-order valence-electron chi connectivity index (χ3n) is 5.02. The summed E-state index contributed by atoms with van der Waals surface area (Å²) >= 11 is 0. The average Bonchev–Trinajstić information content (AvgIpc) is 2.92. The third-order valence-corrected chi connectivity index (χ3v) is 5.02. The van der Waals surface area contributed by atoms with Crippen molar-refractivity contribution in [2.45, 2.75) is 51.1 Å². The van der Waals surface area contributed by atoms with Crippen LogP contribution in [-0.2, 0) is 4.79 Å². The maximum absolute atomic E-state index is 10.6. The van der Waals surface area contributed by atoms with Gasteiger partial charge in [0, 0.05) is 13.1 Å². The van der Waals surface area contributed by atoms with Gasteiger partial charge >= 0.3 is 12.1 Å². The molecule has 1 aromatic carbocycles. The third kappa shape index (κ3) is 4.50. The molecule has 1 saturated carbocycles. The number of carbonyl (C=O) groups is 1. The van der Waals surface area contributed by atoms with Gasteiger partial charge in [0.25, 0.3) is 0 Å². The van der Waals surface area contributed by atoms with Gasteiger partial charge in [-0.05, 0) is 47.6 Å². The quantitative estimate of drug-likeness (QED) is 0.842. The van der Waals surface area contributed by atoms with Crippen molar-refractivity contribution in [3.05, 3.63) is 35.4 Å². The maximum Gasteiger partial charge on any atom is 0.490 e. The van der Waals surface area contributed by atoms with Crippen LogP contribution in [0, 0.1) is 5.41 Å². The predicted molar refractivity (Wildman–Crippen MR) is 86.1 cm³/mol. The average molecular weight is 343 g/mol. The fraction of sp³-hybridized carbons (Fsp3) is 0.611. The second-order valence-electron chi connectivity index (χ2n) is 7.17. The lowest BCUT2D eigenvalue weighted by Gasteiger charge is -2.39. The smallest absolute Gasteiger partial charge is 0.475 e. The zero-order valence-corrected chi connectivity index (χ0v) is 14.0. The van der Waals surface area contributed by atoms with E-state index in [4.69, 9.17) is 9.90 Å². The van der Waals surface area contributed by atoms with E-state index in [1.807, 2.05) is 0 Å². The van der Waals surface area contributed by atoms with E-state index in [1.54, 1.807) is 5.56 Å². The van der Waals surface area contributed by atoms with E-state index in [2.05, 4.69) is 43.4 Å². The van der Waals surface area contributed by atoms with Gasteiger partial charge in [-0.2, -0.15) is 13.2 Å². The molecule has 0 radical (unpaired) electrons. The van der Waals surface area contributed by atoms with Crippen molar-refractivity contribution in [1.29, 1.82) is 0 Å². The first-order valence-electron chi connectivity index (χ1n) is 8.24. The summed E-state index contributed by atoms with van der Waals surface area (Å²) in [6.45, 7) is 7.04. The maximum atomic E-state index is 10.6. The first-order chi connectivity index (χ1) is 11.1. The lowest BCUT2D eigenvalue weighted by Crippen LogP contribution is -2.51. The van der Waals surface area contributed by atoms with Gasteiger partial charge in [0.05, 0.1) is 0 Å². The van der Waals surface area contributed by atoms with Crippen molar-refractivity contribution >= 4 is 5.97 Å². The van der Waals surface area contributed by atoms with Gasteiger partial charge < -0.3 is 10.4 Å². The van der Waals surface area contributed by atoms with Crippen LogP contribution in [0.4, 0.5) is 13.2 Å². The number of halogens is 3. The molecule has 1 heterocycles. The number of hydrogen-bond donors (Lipinski definition) is 2. The van der Waals surface area contributed by atoms with Gasteiger partial charge in [-0.15, -0.1) is 0 Å². The molecule has 6 heteroatoms. The summed E-state index contributed by atoms with van der Waals surface area (Å²) in [5, 5.41) is 10.6. The van der Waals surface area contributed by atoms with Crippen molar-refractivity contribution < 1.29 is 23.1 Å². The first-order valence-corrected chi connectivity index (χ1v) is 8.24. The second-order valence-corrected chi connectivity index (χ2v) is 7.17. The van der Waals surface area contributed by atoms with Gasteiger partial charge in [-0.3, -0.25) is 0 Å². The Morgan fingerprint density at radius 2 is 1.79 bits per heavy atom. The number of rotatable bonds is 2. The Balaban J connectivity index is 0.000000256. The van der Waals surface area contributed by atoms with Gasteiger partial charge in [0.2, 0.25) is 0 Å². The molecule has 1 saturated heterocycles. The van der Waals surface area contributed by atoms with E-state index in [-0.39, 0.29) is 0 Å². The molecule has 3 nitrogen and oxygen atoms in total. The van der Waals surface area contributed by atoms with Crippen LogP contribution in [0.25, 0.3) is 0 Å². The number of carboxylic acids is 1. The number of nitrogens with one attached hydrogen (secondary N) is 1. The fourth-order valence-corrected chi connectivity index (χ4v) is 3.44. The summed E-state index contributed by atoms with van der Waals surface area (Å²) in [5.74, 6) is -1.29. The van der Waals surface area contributed by atoms with Crippen LogP contribution in [0.2, 0.25) is 0 Å². The Bertz CT molecular complexity index is 563. The molecule has 2 N–H and O–H groups in total. The molecular weight excluding hydrogens is 319 g/mol. The minimum Gasteiger partial charge on any atom is -0.475 e. The van der Waals surface area contributed by atoms with Gasteiger partial charge in [0.1, 0.15) is 0 Å². The summed E-state index contributed by atoms with van der Waals surface area (Å²) in [6, 6.07) is 9.38. The van der Waals surface area contributed by atoms with Crippen molar-refractivity contribution in [3.8, 4) is 0 Å². The van der Waals surface area contributed by atoms with E-state index in [1.165, 1.54) is 37.9 Å². The molecule has 1 aliphatic heterocycles. The van der Waals surface area contributed by atoms with E-state index >= 15 is 0 Å². The number of alkyl halides is 3. The molecule has 24 heavy (non-hydrogen) atoms. The number of hydrogen-bond acceptors (Lipinski definition) is 2. The van der Waals surface area contributed by atoms with Crippen LogP contribution in [-0.4, -0.2) is 30.3 Å².